The number of aliphatic hydroxyl groups is 1. The van der Waals surface area contributed by atoms with Gasteiger partial charge in [0.25, 0.3) is 0 Å². The number of ether oxygens (including phenoxy) is 4. The first-order chi connectivity index (χ1) is 43.9. The molecular weight excluding hydrogens is 1200 g/mol. The van der Waals surface area contributed by atoms with E-state index in [2.05, 4.69) is 65.8 Å². The highest BCUT2D eigenvalue weighted by atomic mass is 31.2. The van der Waals surface area contributed by atoms with Crippen LogP contribution in [-0.4, -0.2) is 96.7 Å². The maximum atomic E-state index is 13.0. The summed E-state index contributed by atoms with van der Waals surface area (Å²) >= 11 is 0. The monoisotopic (exact) mass is 1330 g/mol. The van der Waals surface area contributed by atoms with Crippen molar-refractivity contribution >= 4 is 39.5 Å². The molecule has 0 spiro atoms. The van der Waals surface area contributed by atoms with Crippen molar-refractivity contribution in [3.05, 3.63) is 24.3 Å². The van der Waals surface area contributed by atoms with Crippen molar-refractivity contribution in [3.8, 4) is 0 Å². The minimum Gasteiger partial charge on any atom is -0.462 e. The first-order valence-corrected chi connectivity index (χ1v) is 39.8. The van der Waals surface area contributed by atoms with Gasteiger partial charge in [0.05, 0.1) is 26.4 Å². The molecule has 91 heavy (non-hydrogen) atoms. The highest BCUT2D eigenvalue weighted by molar-refractivity contribution is 7.47. The zero-order chi connectivity index (χ0) is 67.2. The van der Waals surface area contributed by atoms with Crippen LogP contribution in [0.3, 0.4) is 0 Å². The van der Waals surface area contributed by atoms with Gasteiger partial charge in [0, 0.05) is 25.7 Å². The highest BCUT2D eigenvalue weighted by Gasteiger charge is 2.30. The van der Waals surface area contributed by atoms with E-state index in [0.717, 1.165) is 127 Å². The Labute approximate surface area is 554 Å². The molecule has 0 rings (SSSR count). The van der Waals surface area contributed by atoms with Crippen molar-refractivity contribution in [1.29, 1.82) is 0 Å². The summed E-state index contributed by atoms with van der Waals surface area (Å²) in [5.41, 5.74) is 0. The maximum absolute atomic E-state index is 13.0. The van der Waals surface area contributed by atoms with Crippen LogP contribution >= 0.6 is 15.6 Å². The molecule has 0 fully saturated rings. The van der Waals surface area contributed by atoms with E-state index in [1.165, 1.54) is 135 Å². The minimum absolute atomic E-state index is 0.0849. The van der Waals surface area contributed by atoms with Crippen molar-refractivity contribution in [2.24, 2.45) is 11.8 Å². The Kier molecular flexibility index (Phi) is 61.9. The van der Waals surface area contributed by atoms with E-state index in [4.69, 9.17) is 37.0 Å². The summed E-state index contributed by atoms with van der Waals surface area (Å²) in [6.45, 7) is 9.49. The smallest absolute Gasteiger partial charge is 0.462 e. The minimum atomic E-state index is -4.96. The molecule has 0 saturated heterocycles. The lowest BCUT2D eigenvalue weighted by Gasteiger charge is -2.21. The first kappa shape index (κ1) is 88.5. The molecule has 17 nitrogen and oxygen atoms in total. The maximum Gasteiger partial charge on any atom is 0.472 e. The Morgan fingerprint density at radius 1 is 0.363 bits per heavy atom. The molecule has 0 bridgehead atoms. The molecular formula is C72H136O17P2. The molecule has 6 atom stereocenters. The van der Waals surface area contributed by atoms with Crippen LogP contribution < -0.4 is 0 Å². The van der Waals surface area contributed by atoms with Crippen LogP contribution in [0.1, 0.15) is 343 Å². The summed E-state index contributed by atoms with van der Waals surface area (Å²) in [4.78, 5) is 72.5. The fraction of sp³-hybridized carbons (Fsp3) is 0.889. The van der Waals surface area contributed by atoms with Gasteiger partial charge in [-0.15, -0.1) is 0 Å². The molecule has 3 N–H and O–H groups in total. The third-order valence-corrected chi connectivity index (χ3v) is 18.3. The summed E-state index contributed by atoms with van der Waals surface area (Å²) < 4.78 is 68.2. The normalized spacial score (nSPS) is 14.6. The fourth-order valence-corrected chi connectivity index (χ4v) is 12.0. The van der Waals surface area contributed by atoms with Crippen molar-refractivity contribution in [1.82, 2.24) is 0 Å². The van der Waals surface area contributed by atoms with E-state index in [1.54, 1.807) is 0 Å². The summed E-state index contributed by atoms with van der Waals surface area (Å²) in [6.07, 6.45) is 52.1. The number of allylic oxidation sites excluding steroid dienone is 4. The molecule has 0 aliphatic heterocycles. The van der Waals surface area contributed by atoms with Gasteiger partial charge in [-0.05, 0) is 63.2 Å². The Morgan fingerprint density at radius 2 is 0.648 bits per heavy atom. The molecule has 0 aromatic heterocycles. The molecule has 536 valence electrons. The van der Waals surface area contributed by atoms with Crippen LogP contribution in [-0.2, 0) is 65.4 Å². The van der Waals surface area contributed by atoms with Crippen LogP contribution in [0.5, 0.6) is 0 Å². The molecule has 19 heteroatoms. The van der Waals surface area contributed by atoms with Crippen LogP contribution in [0.4, 0.5) is 0 Å². The van der Waals surface area contributed by atoms with Crippen molar-refractivity contribution in [3.63, 3.8) is 0 Å². The zero-order valence-corrected chi connectivity index (χ0v) is 60.4. The summed E-state index contributed by atoms with van der Waals surface area (Å²) in [7, 11) is -9.91. The second kappa shape index (κ2) is 63.6. The number of esters is 4. The average Bonchev–Trinajstić information content (AvgIpc) is 2.63. The van der Waals surface area contributed by atoms with Crippen LogP contribution in [0.25, 0.3) is 0 Å². The number of phosphoric acid groups is 2. The fourth-order valence-electron chi connectivity index (χ4n) is 10.4. The van der Waals surface area contributed by atoms with E-state index < -0.39 is 97.5 Å². The summed E-state index contributed by atoms with van der Waals surface area (Å²) in [5, 5.41) is 10.6. The number of hydrogen-bond acceptors (Lipinski definition) is 15. The Morgan fingerprint density at radius 3 is 0.989 bits per heavy atom. The highest BCUT2D eigenvalue weighted by Crippen LogP contribution is 2.45. The van der Waals surface area contributed by atoms with E-state index in [-0.39, 0.29) is 25.7 Å². The number of carbonyl (C=O) groups is 4. The number of phosphoric ester groups is 2. The third-order valence-electron chi connectivity index (χ3n) is 16.4. The lowest BCUT2D eigenvalue weighted by atomic mass is 9.99. The number of hydrogen-bond donors (Lipinski definition) is 3. The van der Waals surface area contributed by atoms with Gasteiger partial charge in [-0.2, -0.15) is 0 Å². The van der Waals surface area contributed by atoms with Crippen LogP contribution in [0, 0.1) is 11.8 Å². The Bertz CT molecular complexity index is 1860. The lowest BCUT2D eigenvalue weighted by Crippen LogP contribution is -2.30. The van der Waals surface area contributed by atoms with Crippen LogP contribution in [0.2, 0.25) is 0 Å². The average molecular weight is 1340 g/mol. The number of carbonyl (C=O) groups excluding carboxylic acids is 4. The lowest BCUT2D eigenvalue weighted by molar-refractivity contribution is -0.161. The Hall–Kier alpha value is -2.46. The molecule has 0 aromatic carbocycles. The predicted octanol–water partition coefficient (Wildman–Crippen LogP) is 20.3. The molecule has 3 unspecified atom stereocenters. The van der Waals surface area contributed by atoms with E-state index in [9.17, 15) is 43.2 Å². The first-order valence-electron chi connectivity index (χ1n) is 36.8. The van der Waals surface area contributed by atoms with E-state index in [0.29, 0.717) is 25.7 Å². The van der Waals surface area contributed by atoms with Gasteiger partial charge in [0.15, 0.2) is 12.2 Å². The largest absolute Gasteiger partial charge is 0.472 e. The van der Waals surface area contributed by atoms with Gasteiger partial charge in [-0.3, -0.25) is 37.3 Å². The van der Waals surface area contributed by atoms with Crippen molar-refractivity contribution < 1.29 is 80.2 Å². The summed E-state index contributed by atoms with van der Waals surface area (Å²) in [6, 6.07) is 0. The Balaban J connectivity index is 5.25. The standard InChI is InChI=1S/C72H136O17P2/c1-7-10-12-14-16-17-18-19-20-21-26-32-38-44-50-56-71(76)89-68(61-83-70(75)55-49-43-37-31-25-23-22-24-29-35-40-46-52-64(4)5)63-87-91(80,81)85-59-66(73)58-84-90(78,79)86-62-67(60-82-69(74)54-48-42-34-15-13-11-8-2)88-72(77)57-51-45-39-33-28-27-30-36-41-47-53-65(6)9-3/h17-20,64-68,73H,7-16,21-63H2,1-6H3,(H,78,79)(H,80,81)/b18-17-,20-19-/t65?,66-,67+,68+/m0/s1. The molecule has 0 radical (unpaired) electrons. The van der Waals surface area contributed by atoms with Gasteiger partial charge in [-0.25, -0.2) is 9.13 Å². The molecule has 0 aromatic rings. The van der Waals surface area contributed by atoms with Gasteiger partial charge >= 0.3 is 39.5 Å². The van der Waals surface area contributed by atoms with E-state index >= 15 is 0 Å². The van der Waals surface area contributed by atoms with Gasteiger partial charge in [0.2, 0.25) is 0 Å². The second-order valence-electron chi connectivity index (χ2n) is 26.0. The predicted molar refractivity (Wildman–Crippen MR) is 367 cm³/mol. The zero-order valence-electron chi connectivity index (χ0n) is 58.6. The number of aliphatic hydroxyl groups excluding tert-OH is 1. The molecule has 0 amide bonds. The SMILES string of the molecule is CCCCCC/C=C\C=C/CCCCCCCC(=O)O[C@H](COC(=O)CCCCCCCCCCCCCCC(C)C)COP(=O)(O)OC[C@@H](O)COP(=O)(O)OC[C@@H](COC(=O)CCCCCCCCC)OC(=O)CCCCCCCCCCCCC(C)CC. The van der Waals surface area contributed by atoms with Crippen LogP contribution in [0.15, 0.2) is 24.3 Å². The topological polar surface area (TPSA) is 237 Å². The second-order valence-corrected chi connectivity index (χ2v) is 28.9. The third kappa shape index (κ3) is 64.6. The van der Waals surface area contributed by atoms with Gasteiger partial charge in [-0.1, -0.05) is 291 Å². The summed E-state index contributed by atoms with van der Waals surface area (Å²) in [5.74, 6) is -0.575. The molecule has 0 heterocycles. The van der Waals surface area contributed by atoms with Gasteiger partial charge in [0.1, 0.15) is 19.3 Å². The van der Waals surface area contributed by atoms with Gasteiger partial charge < -0.3 is 33.8 Å². The van der Waals surface area contributed by atoms with Crippen molar-refractivity contribution in [2.45, 2.75) is 362 Å². The number of unbranched alkanes of at least 4 members (excludes halogenated alkanes) is 35. The molecule has 0 aliphatic rings. The number of rotatable bonds is 69. The van der Waals surface area contributed by atoms with E-state index in [1.807, 2.05) is 0 Å². The molecule has 0 aliphatic carbocycles. The molecule has 0 saturated carbocycles. The quantitative estimate of drug-likeness (QED) is 0.0169. The van der Waals surface area contributed by atoms with Crippen molar-refractivity contribution in [2.75, 3.05) is 39.6 Å².